The summed E-state index contributed by atoms with van der Waals surface area (Å²) >= 11 is 0. The number of rotatable bonds is 48. The molecule has 0 spiro atoms. The minimum Gasteiger partial charge on any atom is -0.462 e. The molecular weight excluding hydrogens is 865 g/mol. The SMILES string of the molecule is CC/C=C\C/C=C\C/C=C\C/C=C\C/C=C\C/C=C\C/C=C\CCCC(=O)OCC(COC(=O)CC/C=C\C/C=C\C/C=C\C/C=C\CC)OC(=O)CCCCCCC/C=C\CCCCCCCCC. The van der Waals surface area contributed by atoms with Crippen LogP contribution in [0.5, 0.6) is 0 Å². The fourth-order valence-corrected chi connectivity index (χ4v) is 6.97. The third-order valence-electron chi connectivity index (χ3n) is 11.1. The van der Waals surface area contributed by atoms with E-state index in [0.29, 0.717) is 12.8 Å². The molecule has 0 fully saturated rings. The molecule has 0 aromatic rings. The number of carbonyl (C=O) groups excluding carboxylic acids is 3. The van der Waals surface area contributed by atoms with Crippen LogP contribution in [0.3, 0.4) is 0 Å². The van der Waals surface area contributed by atoms with Crippen molar-refractivity contribution in [2.24, 2.45) is 0 Å². The predicted molar refractivity (Wildman–Crippen MR) is 302 cm³/mol. The van der Waals surface area contributed by atoms with Crippen LogP contribution in [0, 0.1) is 0 Å². The van der Waals surface area contributed by atoms with E-state index < -0.39 is 6.10 Å². The normalized spacial score (nSPS) is 13.2. The van der Waals surface area contributed by atoms with Gasteiger partial charge < -0.3 is 14.2 Å². The van der Waals surface area contributed by atoms with E-state index in [0.717, 1.165) is 109 Å². The molecule has 0 bridgehead atoms. The zero-order chi connectivity index (χ0) is 50.7. The molecule has 0 N–H and O–H groups in total. The van der Waals surface area contributed by atoms with Crippen LogP contribution in [0.15, 0.2) is 146 Å². The summed E-state index contributed by atoms with van der Waals surface area (Å²) in [6.07, 6.45) is 81.4. The van der Waals surface area contributed by atoms with Crippen LogP contribution < -0.4 is 0 Å². The monoisotopic (exact) mass is 965 g/mol. The number of carbonyl (C=O) groups is 3. The molecule has 0 aromatic carbocycles. The van der Waals surface area contributed by atoms with Crippen molar-refractivity contribution < 1.29 is 28.6 Å². The third-order valence-corrected chi connectivity index (χ3v) is 11.1. The van der Waals surface area contributed by atoms with Crippen molar-refractivity contribution in [1.29, 1.82) is 0 Å². The van der Waals surface area contributed by atoms with Gasteiger partial charge in [0.2, 0.25) is 0 Å². The van der Waals surface area contributed by atoms with Gasteiger partial charge in [0, 0.05) is 19.3 Å². The Kier molecular flexibility index (Phi) is 53.0. The summed E-state index contributed by atoms with van der Waals surface area (Å²) in [6.45, 7) is 6.27. The summed E-state index contributed by atoms with van der Waals surface area (Å²) in [6, 6.07) is 0. The first kappa shape index (κ1) is 65.3. The number of unbranched alkanes of at least 4 members (excludes halogenated alkanes) is 13. The summed E-state index contributed by atoms with van der Waals surface area (Å²) < 4.78 is 16.7. The number of ether oxygens (including phenoxy) is 3. The first-order valence-electron chi connectivity index (χ1n) is 27.8. The molecule has 6 nitrogen and oxygen atoms in total. The van der Waals surface area contributed by atoms with Gasteiger partial charge in [-0.3, -0.25) is 14.4 Å². The van der Waals surface area contributed by atoms with E-state index in [9.17, 15) is 14.4 Å². The first-order chi connectivity index (χ1) is 34.5. The molecule has 0 aliphatic rings. The molecule has 0 aliphatic carbocycles. The maximum absolute atomic E-state index is 12.8. The van der Waals surface area contributed by atoms with Crippen LogP contribution in [-0.4, -0.2) is 37.2 Å². The molecule has 392 valence electrons. The highest BCUT2D eigenvalue weighted by atomic mass is 16.6. The van der Waals surface area contributed by atoms with Crippen molar-refractivity contribution in [2.45, 2.75) is 226 Å². The van der Waals surface area contributed by atoms with Crippen LogP contribution >= 0.6 is 0 Å². The van der Waals surface area contributed by atoms with Gasteiger partial charge in [-0.15, -0.1) is 0 Å². The second-order valence-electron chi connectivity index (χ2n) is 17.7. The van der Waals surface area contributed by atoms with Crippen molar-refractivity contribution in [3.63, 3.8) is 0 Å². The molecule has 0 radical (unpaired) electrons. The summed E-state index contributed by atoms with van der Waals surface area (Å²) in [5, 5.41) is 0. The van der Waals surface area contributed by atoms with E-state index in [1.165, 1.54) is 57.8 Å². The first-order valence-corrected chi connectivity index (χ1v) is 27.8. The Morgan fingerprint density at radius 1 is 0.300 bits per heavy atom. The lowest BCUT2D eigenvalue weighted by Gasteiger charge is -2.18. The molecule has 0 rings (SSSR count). The highest BCUT2D eigenvalue weighted by Crippen LogP contribution is 2.12. The number of esters is 3. The van der Waals surface area contributed by atoms with Crippen LogP contribution in [0.25, 0.3) is 0 Å². The van der Waals surface area contributed by atoms with Gasteiger partial charge in [0.25, 0.3) is 0 Å². The lowest BCUT2D eigenvalue weighted by Crippen LogP contribution is -2.30. The third kappa shape index (κ3) is 54.2. The summed E-state index contributed by atoms with van der Waals surface area (Å²) in [5.41, 5.74) is 0. The van der Waals surface area contributed by atoms with Crippen molar-refractivity contribution in [1.82, 2.24) is 0 Å². The van der Waals surface area contributed by atoms with Gasteiger partial charge in [-0.05, 0) is 122 Å². The molecule has 1 unspecified atom stereocenters. The standard InChI is InChI=1S/C64H100O6/c1-4-7-10-13-16-19-22-25-27-29-30-31-32-33-34-35-37-39-42-45-48-51-54-57-63(66)69-60-61(59-68-62(65)56-53-50-47-44-41-38-24-21-18-15-12-9-6-3)70-64(67)58-55-52-49-46-43-40-36-28-26-23-20-17-14-11-8-5-2/h7,9-10,12,16,18-19,21,25,27-28,30-31,33-34,36-39,41,45,47-48,50,61H,4-6,8,11,13-15,17,20,22-24,26,29,32,35,40,42-44,46,49,51-60H2,1-3H3/b10-7-,12-9-,19-16-,21-18-,27-25-,31-30-,34-33-,36-28-,39-37-,41-38-,48-45-,50-47-. The molecule has 6 heteroatoms. The average Bonchev–Trinajstić information content (AvgIpc) is 3.36. The van der Waals surface area contributed by atoms with Gasteiger partial charge in [0.15, 0.2) is 6.10 Å². The summed E-state index contributed by atoms with van der Waals surface area (Å²) in [5.74, 6) is -1.09. The topological polar surface area (TPSA) is 78.9 Å². The Morgan fingerprint density at radius 3 is 1.01 bits per heavy atom. The van der Waals surface area contributed by atoms with Gasteiger partial charge in [-0.1, -0.05) is 224 Å². The Balaban J connectivity index is 4.56. The Labute approximate surface area is 429 Å². The lowest BCUT2D eigenvalue weighted by atomic mass is 10.1. The van der Waals surface area contributed by atoms with E-state index in [1.54, 1.807) is 0 Å². The molecule has 1 atom stereocenters. The molecule has 0 aliphatic heterocycles. The second kappa shape index (κ2) is 56.9. The Bertz CT molecular complexity index is 1580. The van der Waals surface area contributed by atoms with E-state index in [1.807, 2.05) is 12.2 Å². The van der Waals surface area contributed by atoms with Gasteiger partial charge in [-0.2, -0.15) is 0 Å². The largest absolute Gasteiger partial charge is 0.462 e. The van der Waals surface area contributed by atoms with Crippen molar-refractivity contribution in [3.05, 3.63) is 146 Å². The minimum atomic E-state index is -0.841. The highest BCUT2D eigenvalue weighted by Gasteiger charge is 2.19. The summed E-state index contributed by atoms with van der Waals surface area (Å²) in [7, 11) is 0. The van der Waals surface area contributed by atoms with Crippen LogP contribution in [0.1, 0.15) is 220 Å². The van der Waals surface area contributed by atoms with Gasteiger partial charge in [0.05, 0.1) is 0 Å². The van der Waals surface area contributed by atoms with Crippen molar-refractivity contribution in [2.75, 3.05) is 13.2 Å². The second-order valence-corrected chi connectivity index (χ2v) is 17.7. The zero-order valence-corrected chi connectivity index (χ0v) is 44.7. The van der Waals surface area contributed by atoms with E-state index in [2.05, 4.69) is 154 Å². The molecule has 0 saturated carbocycles. The van der Waals surface area contributed by atoms with E-state index in [-0.39, 0.29) is 50.4 Å². The fraction of sp³-hybridized carbons (Fsp3) is 0.578. The van der Waals surface area contributed by atoms with Crippen molar-refractivity contribution in [3.8, 4) is 0 Å². The predicted octanol–water partition coefficient (Wildman–Crippen LogP) is 18.8. The zero-order valence-electron chi connectivity index (χ0n) is 44.7. The van der Waals surface area contributed by atoms with E-state index in [4.69, 9.17) is 14.2 Å². The van der Waals surface area contributed by atoms with Crippen LogP contribution in [0.4, 0.5) is 0 Å². The molecule has 0 heterocycles. The average molecular weight is 965 g/mol. The lowest BCUT2D eigenvalue weighted by molar-refractivity contribution is -0.166. The van der Waals surface area contributed by atoms with Gasteiger partial charge in [-0.25, -0.2) is 0 Å². The van der Waals surface area contributed by atoms with E-state index >= 15 is 0 Å². The van der Waals surface area contributed by atoms with Gasteiger partial charge >= 0.3 is 17.9 Å². The minimum absolute atomic E-state index is 0.139. The maximum atomic E-state index is 12.8. The number of hydrogen-bond acceptors (Lipinski definition) is 6. The van der Waals surface area contributed by atoms with Gasteiger partial charge in [0.1, 0.15) is 13.2 Å². The Hall–Kier alpha value is -4.71. The Morgan fingerprint density at radius 2 is 0.600 bits per heavy atom. The maximum Gasteiger partial charge on any atom is 0.306 e. The highest BCUT2D eigenvalue weighted by molar-refractivity contribution is 5.71. The number of hydrogen-bond donors (Lipinski definition) is 0. The smallest absolute Gasteiger partial charge is 0.306 e. The molecule has 0 aromatic heterocycles. The van der Waals surface area contributed by atoms with Crippen LogP contribution in [0.2, 0.25) is 0 Å². The molecule has 0 saturated heterocycles. The van der Waals surface area contributed by atoms with Crippen molar-refractivity contribution >= 4 is 17.9 Å². The quantitative estimate of drug-likeness (QED) is 0.0262. The molecule has 70 heavy (non-hydrogen) atoms. The fourth-order valence-electron chi connectivity index (χ4n) is 6.97. The molecule has 0 amide bonds. The number of allylic oxidation sites excluding steroid dienone is 24. The van der Waals surface area contributed by atoms with Crippen LogP contribution in [-0.2, 0) is 28.6 Å². The molecular formula is C64H100O6. The summed E-state index contributed by atoms with van der Waals surface area (Å²) in [4.78, 5) is 38.0.